The van der Waals surface area contributed by atoms with Crippen LogP contribution in [0.3, 0.4) is 0 Å². The lowest BCUT2D eigenvalue weighted by Gasteiger charge is -2.18. The zero-order chi connectivity index (χ0) is 20.8. The predicted octanol–water partition coefficient (Wildman–Crippen LogP) is 3.94. The molecule has 5 nitrogen and oxygen atoms in total. The lowest BCUT2D eigenvalue weighted by molar-refractivity contribution is -0.117. The molecule has 0 radical (unpaired) electrons. The van der Waals surface area contributed by atoms with Gasteiger partial charge in [-0.2, -0.15) is 5.26 Å². The predicted molar refractivity (Wildman–Crippen MR) is 116 cm³/mol. The molecule has 1 aliphatic rings. The van der Waals surface area contributed by atoms with Crippen LogP contribution in [0, 0.1) is 11.3 Å². The molecule has 2 N–H and O–H groups in total. The number of para-hydroxylation sites is 1. The average Bonchev–Trinajstić information content (AvgIpc) is 3.04. The van der Waals surface area contributed by atoms with Crippen molar-refractivity contribution in [3.05, 3.63) is 76.3 Å². The number of primary amides is 1. The van der Waals surface area contributed by atoms with Gasteiger partial charge in [0.2, 0.25) is 5.91 Å². The Morgan fingerprint density at radius 2 is 1.79 bits per heavy atom. The number of anilines is 1. The van der Waals surface area contributed by atoms with Crippen LogP contribution >= 0.6 is 11.8 Å². The first-order valence-corrected chi connectivity index (χ1v) is 10.5. The van der Waals surface area contributed by atoms with Crippen molar-refractivity contribution < 1.29 is 9.59 Å². The Balaban J connectivity index is 1.89. The minimum Gasteiger partial charge on any atom is -0.365 e. The van der Waals surface area contributed by atoms with Crippen LogP contribution in [-0.4, -0.2) is 17.1 Å². The molecule has 148 valence electrons. The summed E-state index contributed by atoms with van der Waals surface area (Å²) in [5, 5.41) is 9.31. The molecule has 0 unspecified atom stereocenters. The van der Waals surface area contributed by atoms with Crippen LogP contribution in [0.25, 0.3) is 0 Å². The van der Waals surface area contributed by atoms with Gasteiger partial charge in [0.25, 0.3) is 5.91 Å². The molecule has 0 saturated carbocycles. The minimum atomic E-state index is -0.829. The van der Waals surface area contributed by atoms with Crippen LogP contribution in [0.15, 0.2) is 65.2 Å². The topological polar surface area (TPSA) is 87.2 Å². The zero-order valence-electron chi connectivity index (χ0n) is 16.3. The van der Waals surface area contributed by atoms with Crippen molar-refractivity contribution in [2.45, 2.75) is 37.9 Å². The standard InChI is InChI=1S/C23H23N3O2S/c1-2-3-7-16-10-12-17(13-11-16)14-20-22(28)26(18-8-5-4-6-9-18)23(29-20)19(15-24)21(25)27/h4-6,8-13,20H,2-3,7,14H2,1H3,(H2,25,27)/b23-19-/t20-/m0/s1. The number of unbranched alkanes of at least 4 members (excludes halogenated alkanes) is 1. The highest BCUT2D eigenvalue weighted by Crippen LogP contribution is 2.41. The molecule has 1 fully saturated rings. The monoisotopic (exact) mass is 405 g/mol. The van der Waals surface area contributed by atoms with Crippen LogP contribution in [-0.2, 0) is 22.4 Å². The molecule has 0 aromatic heterocycles. The summed E-state index contributed by atoms with van der Waals surface area (Å²) in [4.78, 5) is 26.4. The van der Waals surface area contributed by atoms with Gasteiger partial charge in [0, 0.05) is 5.69 Å². The number of amides is 2. The van der Waals surface area contributed by atoms with Gasteiger partial charge in [-0.15, -0.1) is 0 Å². The third-order valence-corrected chi connectivity index (χ3v) is 6.07. The molecule has 1 heterocycles. The van der Waals surface area contributed by atoms with Gasteiger partial charge in [0.05, 0.1) is 5.25 Å². The smallest absolute Gasteiger partial charge is 0.262 e. The summed E-state index contributed by atoms with van der Waals surface area (Å²) >= 11 is 1.23. The third kappa shape index (κ3) is 4.69. The molecule has 1 saturated heterocycles. The van der Waals surface area contributed by atoms with Crippen molar-refractivity contribution in [2.24, 2.45) is 5.73 Å². The van der Waals surface area contributed by atoms with E-state index in [0.29, 0.717) is 17.1 Å². The zero-order valence-corrected chi connectivity index (χ0v) is 17.1. The molecule has 2 amide bonds. The molecule has 2 aromatic rings. The number of nitrogens with two attached hydrogens (primary N) is 1. The van der Waals surface area contributed by atoms with Crippen LogP contribution < -0.4 is 10.6 Å². The highest BCUT2D eigenvalue weighted by Gasteiger charge is 2.40. The van der Waals surface area contributed by atoms with Crippen LogP contribution in [0.4, 0.5) is 5.69 Å². The first kappa shape index (κ1) is 20.7. The van der Waals surface area contributed by atoms with Gasteiger partial charge in [0.15, 0.2) is 0 Å². The summed E-state index contributed by atoms with van der Waals surface area (Å²) in [5.41, 5.74) is 8.15. The van der Waals surface area contributed by atoms with Gasteiger partial charge >= 0.3 is 0 Å². The molecule has 2 aromatic carbocycles. The number of benzene rings is 2. The van der Waals surface area contributed by atoms with E-state index in [2.05, 4.69) is 19.1 Å². The molecule has 0 aliphatic carbocycles. The Labute approximate surface area is 175 Å². The van der Waals surface area contributed by atoms with Crippen molar-refractivity contribution in [3.8, 4) is 6.07 Å². The summed E-state index contributed by atoms with van der Waals surface area (Å²) < 4.78 is 0. The van der Waals surface area contributed by atoms with Crippen LogP contribution in [0.5, 0.6) is 0 Å². The Bertz CT molecular complexity index is 962. The maximum atomic E-state index is 13.2. The number of carbonyl (C=O) groups is 2. The number of carbonyl (C=O) groups excluding carboxylic acids is 2. The van der Waals surface area contributed by atoms with E-state index >= 15 is 0 Å². The quantitative estimate of drug-likeness (QED) is 0.558. The maximum absolute atomic E-state index is 13.2. The molecule has 0 bridgehead atoms. The van der Waals surface area contributed by atoms with E-state index in [1.807, 2.05) is 36.4 Å². The van der Waals surface area contributed by atoms with E-state index < -0.39 is 11.2 Å². The number of hydrogen-bond acceptors (Lipinski definition) is 4. The van der Waals surface area contributed by atoms with E-state index in [1.165, 1.54) is 22.2 Å². The highest BCUT2D eigenvalue weighted by molar-refractivity contribution is 8.05. The third-order valence-electron chi connectivity index (χ3n) is 4.80. The molecule has 0 spiro atoms. The Hall–Kier alpha value is -3.04. The first-order chi connectivity index (χ1) is 14.0. The molecule has 29 heavy (non-hydrogen) atoms. The van der Waals surface area contributed by atoms with E-state index in [4.69, 9.17) is 5.73 Å². The van der Waals surface area contributed by atoms with Gasteiger partial charge < -0.3 is 5.73 Å². The molecular formula is C23H23N3O2S. The highest BCUT2D eigenvalue weighted by atomic mass is 32.2. The van der Waals surface area contributed by atoms with Crippen LogP contribution in [0.2, 0.25) is 0 Å². The second-order valence-electron chi connectivity index (χ2n) is 6.90. The van der Waals surface area contributed by atoms with Crippen molar-refractivity contribution >= 4 is 29.3 Å². The SMILES string of the molecule is CCCCc1ccc(C[C@@H]2S/C(=C(/C#N)C(N)=O)N(c3ccccc3)C2=O)cc1. The normalized spacial score (nSPS) is 17.9. The number of hydrogen-bond donors (Lipinski definition) is 1. The number of nitriles is 1. The number of thioether (sulfide) groups is 1. The van der Waals surface area contributed by atoms with Crippen molar-refractivity contribution in [3.63, 3.8) is 0 Å². The van der Waals surface area contributed by atoms with Crippen LogP contribution in [0.1, 0.15) is 30.9 Å². The molecule has 3 rings (SSSR count). The number of nitrogens with zero attached hydrogens (tertiary/aromatic N) is 2. The first-order valence-electron chi connectivity index (χ1n) is 9.62. The Morgan fingerprint density at radius 3 is 2.38 bits per heavy atom. The second-order valence-corrected chi connectivity index (χ2v) is 8.09. The fourth-order valence-electron chi connectivity index (χ4n) is 3.25. The molecular weight excluding hydrogens is 382 g/mol. The van der Waals surface area contributed by atoms with Gasteiger partial charge in [-0.3, -0.25) is 14.5 Å². The average molecular weight is 406 g/mol. The Kier molecular flexibility index (Phi) is 6.73. The fourth-order valence-corrected chi connectivity index (χ4v) is 4.56. The second kappa shape index (κ2) is 9.44. The van der Waals surface area contributed by atoms with Gasteiger partial charge in [-0.1, -0.05) is 67.6 Å². The minimum absolute atomic E-state index is 0.153. The van der Waals surface area contributed by atoms with E-state index in [9.17, 15) is 14.9 Å². The Morgan fingerprint density at radius 1 is 1.14 bits per heavy atom. The van der Waals surface area contributed by atoms with Crippen molar-refractivity contribution in [1.82, 2.24) is 0 Å². The number of aryl methyl sites for hydroxylation is 1. The number of rotatable bonds is 7. The van der Waals surface area contributed by atoms with E-state index in [-0.39, 0.29) is 11.5 Å². The maximum Gasteiger partial charge on any atom is 0.262 e. The summed E-state index contributed by atoms with van der Waals surface area (Å²) in [6.07, 6.45) is 3.87. The van der Waals surface area contributed by atoms with Gasteiger partial charge in [0.1, 0.15) is 16.7 Å². The van der Waals surface area contributed by atoms with Crippen molar-refractivity contribution in [2.75, 3.05) is 4.90 Å². The largest absolute Gasteiger partial charge is 0.365 e. The fraction of sp³-hybridized carbons (Fsp3) is 0.261. The summed E-state index contributed by atoms with van der Waals surface area (Å²) in [7, 11) is 0. The summed E-state index contributed by atoms with van der Waals surface area (Å²) in [5.74, 6) is -0.982. The van der Waals surface area contributed by atoms with Gasteiger partial charge in [-0.05, 0) is 42.5 Å². The molecule has 6 heteroatoms. The lowest BCUT2D eigenvalue weighted by Crippen LogP contribution is -2.31. The lowest BCUT2D eigenvalue weighted by atomic mass is 10.0. The summed E-state index contributed by atoms with van der Waals surface area (Å²) in [6, 6.07) is 19.2. The van der Waals surface area contributed by atoms with Crippen molar-refractivity contribution in [1.29, 1.82) is 5.26 Å². The molecule has 1 aliphatic heterocycles. The van der Waals surface area contributed by atoms with E-state index in [0.717, 1.165) is 24.8 Å². The van der Waals surface area contributed by atoms with Gasteiger partial charge in [-0.25, -0.2) is 0 Å². The molecule has 1 atom stereocenters. The van der Waals surface area contributed by atoms with E-state index in [1.54, 1.807) is 12.1 Å². The summed E-state index contributed by atoms with van der Waals surface area (Å²) in [6.45, 7) is 2.17.